The average Bonchev–Trinajstić information content (AvgIpc) is 3.18. The molecule has 0 aliphatic heterocycles. The van der Waals surface area contributed by atoms with Crippen LogP contribution in [0.4, 0.5) is 0 Å². The van der Waals surface area contributed by atoms with E-state index < -0.39 is 6.10 Å². The summed E-state index contributed by atoms with van der Waals surface area (Å²) in [5, 5.41) is 0. The van der Waals surface area contributed by atoms with Crippen molar-refractivity contribution in [1.82, 2.24) is 0 Å². The van der Waals surface area contributed by atoms with Gasteiger partial charge in [0.25, 0.3) is 0 Å². The molecule has 55 heavy (non-hydrogen) atoms. The lowest BCUT2D eigenvalue weighted by Crippen LogP contribution is -2.30. The van der Waals surface area contributed by atoms with E-state index in [9.17, 15) is 14.4 Å². The molecule has 0 saturated carbocycles. The summed E-state index contributed by atoms with van der Waals surface area (Å²) >= 11 is 0. The Morgan fingerprint density at radius 2 is 0.745 bits per heavy atom. The Morgan fingerprint density at radius 1 is 0.364 bits per heavy atom. The number of hydrogen-bond acceptors (Lipinski definition) is 6. The van der Waals surface area contributed by atoms with Crippen molar-refractivity contribution in [2.45, 2.75) is 194 Å². The third kappa shape index (κ3) is 41.6. The van der Waals surface area contributed by atoms with Crippen LogP contribution in [0, 0.1) is 0 Å². The van der Waals surface area contributed by atoms with Gasteiger partial charge in [-0.05, 0) is 77.0 Å². The normalized spacial score (nSPS) is 12.9. The molecule has 0 amide bonds. The van der Waals surface area contributed by atoms with E-state index in [0.29, 0.717) is 25.7 Å². The molecule has 0 radical (unpaired) electrons. The minimum Gasteiger partial charge on any atom is -0.462 e. The topological polar surface area (TPSA) is 78.9 Å². The zero-order valence-electron chi connectivity index (χ0n) is 35.4. The van der Waals surface area contributed by atoms with Crippen molar-refractivity contribution in [1.29, 1.82) is 0 Å². The lowest BCUT2D eigenvalue weighted by atomic mass is 10.1. The number of rotatable bonds is 38. The summed E-state index contributed by atoms with van der Waals surface area (Å²) in [6, 6.07) is 0. The molecular formula is C49H80O6. The second-order valence-electron chi connectivity index (χ2n) is 14.4. The molecule has 1 atom stereocenters. The molecule has 0 aromatic rings. The van der Waals surface area contributed by atoms with E-state index >= 15 is 0 Å². The lowest BCUT2D eigenvalue weighted by molar-refractivity contribution is -0.167. The Morgan fingerprint density at radius 3 is 1.27 bits per heavy atom. The SMILES string of the molecule is CCC\C=C/C=C\C=C/C=C\C=C/CCCCCCCC(=O)OCC(COC(=O)CCC/C=C\CCCCCC)OC(=O)CCCCCC/C=C\CCCC. The second-order valence-corrected chi connectivity index (χ2v) is 14.4. The van der Waals surface area contributed by atoms with Gasteiger partial charge in [-0.2, -0.15) is 0 Å². The molecule has 0 aliphatic carbocycles. The molecule has 1 unspecified atom stereocenters. The zero-order chi connectivity index (χ0) is 40.1. The molecule has 6 nitrogen and oxygen atoms in total. The molecule has 0 fully saturated rings. The van der Waals surface area contributed by atoms with Gasteiger partial charge in [-0.25, -0.2) is 0 Å². The Bertz CT molecular complexity index is 1110. The highest BCUT2D eigenvalue weighted by atomic mass is 16.6. The van der Waals surface area contributed by atoms with Crippen LogP contribution in [0.3, 0.4) is 0 Å². The predicted molar refractivity (Wildman–Crippen MR) is 233 cm³/mol. The van der Waals surface area contributed by atoms with Crippen molar-refractivity contribution in [2.75, 3.05) is 13.2 Å². The van der Waals surface area contributed by atoms with Gasteiger partial charge in [0.15, 0.2) is 6.10 Å². The van der Waals surface area contributed by atoms with Crippen molar-refractivity contribution in [2.24, 2.45) is 0 Å². The number of esters is 3. The first-order chi connectivity index (χ1) is 27.0. The highest BCUT2D eigenvalue weighted by molar-refractivity contribution is 5.71. The lowest BCUT2D eigenvalue weighted by Gasteiger charge is -2.18. The Balaban J connectivity index is 4.43. The molecule has 0 saturated heterocycles. The van der Waals surface area contributed by atoms with Gasteiger partial charge < -0.3 is 14.2 Å². The molecule has 0 rings (SSSR count). The Hall–Kier alpha value is -3.41. The molecule has 0 spiro atoms. The molecule has 0 aromatic carbocycles. The fraction of sp³-hybridized carbons (Fsp3) is 0.653. The Kier molecular flexibility index (Phi) is 40.6. The van der Waals surface area contributed by atoms with Gasteiger partial charge in [-0.15, -0.1) is 0 Å². The minimum atomic E-state index is -0.801. The van der Waals surface area contributed by atoms with E-state index in [4.69, 9.17) is 14.2 Å². The molecule has 312 valence electrons. The van der Waals surface area contributed by atoms with Crippen molar-refractivity contribution in [3.63, 3.8) is 0 Å². The van der Waals surface area contributed by atoms with Gasteiger partial charge >= 0.3 is 17.9 Å². The summed E-state index contributed by atoms with van der Waals surface area (Å²) in [4.78, 5) is 37.6. The maximum atomic E-state index is 12.7. The van der Waals surface area contributed by atoms with E-state index in [1.165, 1.54) is 44.9 Å². The maximum absolute atomic E-state index is 12.7. The summed E-state index contributed by atoms with van der Waals surface area (Å²) in [5.74, 6) is -0.988. The standard InChI is InChI=1S/C49H80O6/c1-4-7-10-13-16-19-21-22-23-24-25-26-27-28-31-33-36-39-42-48(51)54-45-46(44-53-47(50)41-38-35-32-29-18-15-12-9-6-3)55-49(52)43-40-37-34-30-20-17-14-11-8-5-2/h10,13-14,16-17,19,21-26,29,32,46H,4-9,11-12,15,18,20,27-28,30-31,33-45H2,1-3H3/b13-10-,17-14-,19-16-,22-21-,24-23-,26-25-,32-29-. The van der Waals surface area contributed by atoms with Crippen molar-refractivity contribution >= 4 is 17.9 Å². The number of unbranched alkanes of at least 4 members (excludes halogenated alkanes) is 17. The highest BCUT2D eigenvalue weighted by Gasteiger charge is 2.19. The fourth-order valence-corrected chi connectivity index (χ4v) is 5.57. The van der Waals surface area contributed by atoms with Crippen LogP contribution in [0.5, 0.6) is 0 Å². The molecule has 0 aromatic heterocycles. The van der Waals surface area contributed by atoms with Crippen LogP contribution in [0.2, 0.25) is 0 Å². The van der Waals surface area contributed by atoms with Crippen molar-refractivity contribution in [3.05, 3.63) is 85.1 Å². The maximum Gasteiger partial charge on any atom is 0.306 e. The largest absolute Gasteiger partial charge is 0.462 e. The minimum absolute atomic E-state index is 0.105. The quantitative estimate of drug-likeness (QED) is 0.0205. The van der Waals surface area contributed by atoms with Crippen LogP contribution >= 0.6 is 0 Å². The van der Waals surface area contributed by atoms with E-state index in [-0.39, 0.29) is 31.1 Å². The summed E-state index contributed by atoms with van der Waals surface area (Å²) < 4.78 is 16.6. The van der Waals surface area contributed by atoms with Gasteiger partial charge in [-0.1, -0.05) is 176 Å². The van der Waals surface area contributed by atoms with E-state index in [0.717, 1.165) is 96.3 Å². The molecule has 0 heterocycles. The van der Waals surface area contributed by atoms with E-state index in [1.807, 2.05) is 36.5 Å². The summed E-state index contributed by atoms with van der Waals surface area (Å²) in [6.45, 7) is 6.38. The van der Waals surface area contributed by atoms with Gasteiger partial charge in [0.1, 0.15) is 13.2 Å². The van der Waals surface area contributed by atoms with Crippen LogP contribution in [0.1, 0.15) is 188 Å². The van der Waals surface area contributed by atoms with Gasteiger partial charge in [0.05, 0.1) is 0 Å². The third-order valence-corrected chi connectivity index (χ3v) is 8.95. The molecule has 6 heteroatoms. The number of hydrogen-bond donors (Lipinski definition) is 0. The summed E-state index contributed by atoms with van der Waals surface area (Å²) in [6.07, 6.45) is 54.3. The van der Waals surface area contributed by atoms with Crippen LogP contribution in [-0.2, 0) is 28.6 Å². The fourth-order valence-electron chi connectivity index (χ4n) is 5.57. The molecule has 0 aliphatic rings. The van der Waals surface area contributed by atoms with Crippen LogP contribution in [0.15, 0.2) is 85.1 Å². The summed E-state index contributed by atoms with van der Waals surface area (Å²) in [7, 11) is 0. The first kappa shape index (κ1) is 51.6. The van der Waals surface area contributed by atoms with Gasteiger partial charge in [0, 0.05) is 19.3 Å². The van der Waals surface area contributed by atoms with Crippen LogP contribution < -0.4 is 0 Å². The first-order valence-electron chi connectivity index (χ1n) is 22.2. The van der Waals surface area contributed by atoms with E-state index in [1.54, 1.807) is 0 Å². The average molecular weight is 765 g/mol. The zero-order valence-corrected chi connectivity index (χ0v) is 35.4. The highest BCUT2D eigenvalue weighted by Crippen LogP contribution is 2.12. The predicted octanol–water partition coefficient (Wildman–Crippen LogP) is 14.1. The van der Waals surface area contributed by atoms with E-state index in [2.05, 4.69) is 69.4 Å². The number of carbonyl (C=O) groups is 3. The Labute approximate surface area is 337 Å². The summed E-state index contributed by atoms with van der Waals surface area (Å²) in [5.41, 5.74) is 0. The third-order valence-electron chi connectivity index (χ3n) is 8.95. The van der Waals surface area contributed by atoms with Crippen LogP contribution in [-0.4, -0.2) is 37.2 Å². The van der Waals surface area contributed by atoms with Gasteiger partial charge in [-0.3, -0.25) is 14.4 Å². The second kappa shape index (κ2) is 43.3. The number of carbonyl (C=O) groups excluding carboxylic acids is 3. The molecule has 0 N–H and O–H groups in total. The first-order valence-corrected chi connectivity index (χ1v) is 22.2. The van der Waals surface area contributed by atoms with Crippen molar-refractivity contribution in [3.8, 4) is 0 Å². The smallest absolute Gasteiger partial charge is 0.306 e. The molecular weight excluding hydrogens is 685 g/mol. The monoisotopic (exact) mass is 765 g/mol. The van der Waals surface area contributed by atoms with Crippen LogP contribution in [0.25, 0.3) is 0 Å². The number of ether oxygens (including phenoxy) is 3. The van der Waals surface area contributed by atoms with Crippen molar-refractivity contribution < 1.29 is 28.6 Å². The number of allylic oxidation sites excluding steroid dienone is 14. The van der Waals surface area contributed by atoms with Gasteiger partial charge in [0.2, 0.25) is 0 Å². The molecule has 0 bridgehead atoms.